The Kier molecular flexibility index (Phi) is 12.5. The number of nitrogens with zero attached hydrogens (tertiary/aromatic N) is 11. The van der Waals surface area contributed by atoms with Crippen molar-refractivity contribution in [2.24, 2.45) is 0 Å². The first kappa shape index (κ1) is 44.7. The second-order valence-corrected chi connectivity index (χ2v) is 16.3. The summed E-state index contributed by atoms with van der Waals surface area (Å²) in [6, 6.07) is 30.5. The SMILES string of the molecule is COc1ccc(Nc2nc(-c3ccccc3OC)cn3ccnc23)cn1.Oc1cccc(-c2cn3ccnc3c(N3CCOCC3)n2)c1.c1coc(-c2cn3ccnc3c(Nc3ccc4[nH]ccc4c3)n2)c1. The molecule has 358 valence electrons. The van der Waals surface area contributed by atoms with Gasteiger partial charge in [0.15, 0.2) is 40.2 Å². The number of morpholine rings is 1. The van der Waals surface area contributed by atoms with Crippen LogP contribution in [0, 0.1) is 0 Å². The zero-order valence-electron chi connectivity index (χ0n) is 39.0. The Morgan fingerprint density at radius 1 is 0.639 bits per heavy atom. The third kappa shape index (κ3) is 9.50. The molecular weight excluding hydrogens is 913 g/mol. The number of hydrogen-bond acceptors (Lipinski definition) is 15. The van der Waals surface area contributed by atoms with Gasteiger partial charge in [-0.2, -0.15) is 0 Å². The third-order valence-electron chi connectivity index (χ3n) is 11.7. The summed E-state index contributed by atoms with van der Waals surface area (Å²) in [6.45, 7) is 3.01. The first-order valence-electron chi connectivity index (χ1n) is 22.9. The lowest BCUT2D eigenvalue weighted by molar-refractivity contribution is 0.122. The van der Waals surface area contributed by atoms with Gasteiger partial charge in [-0.05, 0) is 66.7 Å². The van der Waals surface area contributed by atoms with E-state index < -0.39 is 0 Å². The average Bonchev–Trinajstić information content (AvgIpc) is 4.30. The van der Waals surface area contributed by atoms with Gasteiger partial charge in [0.25, 0.3) is 0 Å². The maximum Gasteiger partial charge on any atom is 0.213 e. The Morgan fingerprint density at radius 2 is 1.35 bits per heavy atom. The van der Waals surface area contributed by atoms with E-state index in [1.54, 1.807) is 63.5 Å². The lowest BCUT2D eigenvalue weighted by atomic mass is 10.1. The molecule has 0 saturated carbocycles. The molecule has 4 N–H and O–H groups in total. The van der Waals surface area contributed by atoms with Gasteiger partial charge in [0.2, 0.25) is 5.88 Å². The molecule has 0 spiro atoms. The van der Waals surface area contributed by atoms with E-state index in [4.69, 9.17) is 28.6 Å². The van der Waals surface area contributed by atoms with Crippen molar-refractivity contribution in [3.63, 3.8) is 0 Å². The topological polar surface area (TPSA) is 208 Å². The zero-order chi connectivity index (χ0) is 48.8. The molecule has 0 aliphatic carbocycles. The molecule has 1 aliphatic heterocycles. The number of furan rings is 1. The summed E-state index contributed by atoms with van der Waals surface area (Å²) in [5.41, 5.74) is 9.28. The van der Waals surface area contributed by atoms with Crippen molar-refractivity contribution in [3.05, 3.63) is 171 Å². The molecule has 0 unspecified atom stereocenters. The van der Waals surface area contributed by atoms with Crippen LogP contribution >= 0.6 is 0 Å². The highest BCUT2D eigenvalue weighted by Gasteiger charge is 2.19. The number of aromatic nitrogens is 11. The number of H-pyrrole nitrogens is 1. The number of para-hydroxylation sites is 1. The summed E-state index contributed by atoms with van der Waals surface area (Å²) < 4.78 is 27.3. The van der Waals surface area contributed by atoms with Gasteiger partial charge >= 0.3 is 0 Å². The average molecular weight is 959 g/mol. The third-order valence-corrected chi connectivity index (χ3v) is 11.7. The van der Waals surface area contributed by atoms with Crippen LogP contribution in [-0.2, 0) is 4.74 Å². The summed E-state index contributed by atoms with van der Waals surface area (Å²) in [4.78, 5) is 37.0. The fraction of sp³-hybridized carbons (Fsp3) is 0.113. The quantitative estimate of drug-likeness (QED) is 0.101. The largest absolute Gasteiger partial charge is 0.508 e. The fourth-order valence-electron chi connectivity index (χ4n) is 8.25. The second kappa shape index (κ2) is 20.1. The smallest absolute Gasteiger partial charge is 0.213 e. The minimum Gasteiger partial charge on any atom is -0.508 e. The normalized spacial score (nSPS) is 12.3. The molecule has 12 aromatic rings. The fourth-order valence-corrected chi connectivity index (χ4v) is 8.25. The molecule has 13 rings (SSSR count). The number of phenols is 1. The Balaban J connectivity index is 0.000000117. The minimum absolute atomic E-state index is 0.234. The number of rotatable bonds is 10. The number of benzene rings is 3. The lowest BCUT2D eigenvalue weighted by Gasteiger charge is -2.28. The molecule has 19 nitrogen and oxygen atoms in total. The van der Waals surface area contributed by atoms with E-state index >= 15 is 0 Å². The van der Waals surface area contributed by atoms with E-state index in [0.717, 1.165) is 97.8 Å². The van der Waals surface area contributed by atoms with Gasteiger partial charge < -0.3 is 57.5 Å². The van der Waals surface area contributed by atoms with Crippen LogP contribution in [-0.4, -0.2) is 98.7 Å². The predicted molar refractivity (Wildman–Crippen MR) is 274 cm³/mol. The van der Waals surface area contributed by atoms with Crippen molar-refractivity contribution < 1.29 is 23.7 Å². The van der Waals surface area contributed by atoms with Gasteiger partial charge in [-0.1, -0.05) is 24.3 Å². The van der Waals surface area contributed by atoms with E-state index in [2.05, 4.69) is 51.5 Å². The molecular formula is C53H46N14O5. The Labute approximate surface area is 411 Å². The van der Waals surface area contributed by atoms with Crippen LogP contribution < -0.4 is 25.0 Å². The number of methoxy groups -OCH3 is 2. The van der Waals surface area contributed by atoms with E-state index in [1.807, 2.05) is 129 Å². The van der Waals surface area contributed by atoms with Gasteiger partial charge in [-0.3, -0.25) is 0 Å². The van der Waals surface area contributed by atoms with Crippen LogP contribution in [0.5, 0.6) is 17.4 Å². The molecule has 3 aromatic carbocycles. The number of imidazole rings is 3. The number of ether oxygens (including phenoxy) is 3. The Morgan fingerprint density at radius 3 is 2.07 bits per heavy atom. The highest BCUT2D eigenvalue weighted by atomic mass is 16.5. The number of anilines is 5. The summed E-state index contributed by atoms with van der Waals surface area (Å²) >= 11 is 0. The number of pyridine rings is 1. The number of fused-ring (bicyclic) bond motifs is 4. The molecule has 1 fully saturated rings. The van der Waals surface area contributed by atoms with Crippen LogP contribution in [0.25, 0.3) is 61.8 Å². The first-order valence-corrected chi connectivity index (χ1v) is 22.9. The number of aromatic hydroxyl groups is 1. The van der Waals surface area contributed by atoms with E-state index in [0.29, 0.717) is 30.7 Å². The molecule has 72 heavy (non-hydrogen) atoms. The second-order valence-electron chi connectivity index (χ2n) is 16.3. The first-order chi connectivity index (χ1) is 35.5. The molecule has 0 amide bonds. The Bertz CT molecular complexity index is 3770. The van der Waals surface area contributed by atoms with Gasteiger partial charge in [0.05, 0.1) is 57.0 Å². The maximum absolute atomic E-state index is 9.69. The molecule has 10 heterocycles. The number of hydrogen-bond donors (Lipinski definition) is 4. The Hall–Kier alpha value is -9.75. The molecule has 0 bridgehead atoms. The number of phenolic OH excluding ortho intramolecular Hbond substituents is 1. The van der Waals surface area contributed by atoms with Crippen molar-refractivity contribution in [3.8, 4) is 51.3 Å². The van der Waals surface area contributed by atoms with Crippen LogP contribution in [0.2, 0.25) is 0 Å². The van der Waals surface area contributed by atoms with Crippen LogP contribution in [0.1, 0.15) is 0 Å². The maximum atomic E-state index is 9.69. The summed E-state index contributed by atoms with van der Waals surface area (Å²) in [5, 5.41) is 17.5. The van der Waals surface area contributed by atoms with Gasteiger partial charge in [-0.25, -0.2) is 34.9 Å². The van der Waals surface area contributed by atoms with E-state index in [-0.39, 0.29) is 5.75 Å². The van der Waals surface area contributed by atoms with Crippen molar-refractivity contribution in [1.29, 1.82) is 0 Å². The lowest BCUT2D eigenvalue weighted by Crippen LogP contribution is -2.37. The molecule has 19 heteroatoms. The highest BCUT2D eigenvalue weighted by Crippen LogP contribution is 2.32. The number of aromatic amines is 1. The minimum atomic E-state index is 0.234. The van der Waals surface area contributed by atoms with Gasteiger partial charge in [0.1, 0.15) is 17.2 Å². The van der Waals surface area contributed by atoms with Crippen LogP contribution in [0.15, 0.2) is 176 Å². The van der Waals surface area contributed by atoms with Crippen molar-refractivity contribution >= 4 is 56.7 Å². The van der Waals surface area contributed by atoms with Crippen molar-refractivity contribution in [1.82, 2.24) is 53.1 Å². The van der Waals surface area contributed by atoms with Gasteiger partial charge in [-0.15, -0.1) is 0 Å². The van der Waals surface area contributed by atoms with Gasteiger partial charge in [0, 0.05) is 109 Å². The standard InChI is InChI=1S/C19H17N5O2.C18H13N5O.C16H16N4O2/c1-25-16-6-4-3-5-14(16)15-12-24-10-9-20-19(24)18(23-15)22-13-7-8-17(26-2)21-11-13;1-2-16(24-9-1)15-11-23-8-7-20-18(23)17(22-15)21-13-3-4-14-12(10-13)5-6-19-14;21-13-3-1-2-12(10-13)14-11-20-5-4-17-15(20)16(18-14)19-6-8-22-9-7-19/h3-12H,1-2H3,(H,22,23);1-11,19H,(H,21,22);1-5,10-11,21H,6-9H2. The molecule has 0 atom stereocenters. The van der Waals surface area contributed by atoms with E-state index in [1.165, 1.54) is 0 Å². The predicted octanol–water partition coefficient (Wildman–Crippen LogP) is 9.70. The monoisotopic (exact) mass is 958 g/mol. The van der Waals surface area contributed by atoms with Crippen LogP contribution in [0.4, 0.5) is 28.8 Å². The highest BCUT2D eigenvalue weighted by molar-refractivity contribution is 5.85. The molecule has 1 aliphatic rings. The van der Waals surface area contributed by atoms with Crippen LogP contribution in [0.3, 0.4) is 0 Å². The molecule has 0 radical (unpaired) electrons. The molecule has 9 aromatic heterocycles. The summed E-state index contributed by atoms with van der Waals surface area (Å²) in [5.74, 6) is 4.43. The summed E-state index contributed by atoms with van der Waals surface area (Å²) in [7, 11) is 3.23. The zero-order valence-corrected chi connectivity index (χ0v) is 39.0. The van der Waals surface area contributed by atoms with Crippen molar-refractivity contribution in [2.45, 2.75) is 0 Å². The number of nitrogens with one attached hydrogen (secondary N) is 3. The summed E-state index contributed by atoms with van der Waals surface area (Å²) in [6.07, 6.45) is 22.0. The molecule has 1 saturated heterocycles. The van der Waals surface area contributed by atoms with Crippen molar-refractivity contribution in [2.75, 3.05) is 56.1 Å². The van der Waals surface area contributed by atoms with E-state index in [9.17, 15) is 5.11 Å².